The average Bonchev–Trinajstić information content (AvgIpc) is 2.92. The van der Waals surface area contributed by atoms with Crippen LogP contribution in [0.5, 0.6) is 6.01 Å². The minimum atomic E-state index is 0.253. The number of hydrazine groups is 1. The SMILES string of the molecule is CCOc1nc(NN)nc(NCCc2ccsc2)n1. The van der Waals surface area contributed by atoms with Crippen molar-refractivity contribution in [2.24, 2.45) is 5.84 Å². The molecular weight excluding hydrogens is 264 g/mol. The van der Waals surface area contributed by atoms with Crippen LogP contribution in [0.25, 0.3) is 0 Å². The summed E-state index contributed by atoms with van der Waals surface area (Å²) in [5.74, 6) is 6.03. The van der Waals surface area contributed by atoms with E-state index >= 15 is 0 Å². The molecule has 0 aliphatic rings. The van der Waals surface area contributed by atoms with E-state index in [1.165, 1.54) is 5.56 Å². The molecule has 2 rings (SSSR count). The van der Waals surface area contributed by atoms with Gasteiger partial charge >= 0.3 is 6.01 Å². The number of nitrogens with zero attached hydrogens (tertiary/aromatic N) is 3. The molecular formula is C11H16N6OS. The zero-order chi connectivity index (χ0) is 13.5. The zero-order valence-corrected chi connectivity index (χ0v) is 11.4. The summed E-state index contributed by atoms with van der Waals surface area (Å²) in [6.07, 6.45) is 0.907. The van der Waals surface area contributed by atoms with Crippen molar-refractivity contribution in [3.63, 3.8) is 0 Å². The van der Waals surface area contributed by atoms with Crippen LogP contribution >= 0.6 is 11.3 Å². The van der Waals surface area contributed by atoms with Gasteiger partial charge in [-0.2, -0.15) is 26.3 Å². The highest BCUT2D eigenvalue weighted by Gasteiger charge is 2.06. The number of rotatable bonds is 7. The number of nitrogens with two attached hydrogens (primary N) is 1. The molecule has 0 radical (unpaired) electrons. The summed E-state index contributed by atoms with van der Waals surface area (Å²) >= 11 is 1.69. The molecule has 0 amide bonds. The Morgan fingerprint density at radius 3 is 2.84 bits per heavy atom. The molecule has 7 nitrogen and oxygen atoms in total. The van der Waals surface area contributed by atoms with Crippen molar-refractivity contribution in [2.75, 3.05) is 23.9 Å². The van der Waals surface area contributed by atoms with Crippen molar-refractivity contribution in [2.45, 2.75) is 13.3 Å². The highest BCUT2D eigenvalue weighted by atomic mass is 32.1. The first kappa shape index (κ1) is 13.5. The smallest absolute Gasteiger partial charge is 0.323 e. The molecule has 0 bridgehead atoms. The summed E-state index contributed by atoms with van der Waals surface area (Å²) in [4.78, 5) is 12.2. The molecule has 4 N–H and O–H groups in total. The molecule has 2 heterocycles. The quantitative estimate of drug-likeness (QED) is 0.519. The Labute approximate surface area is 115 Å². The summed E-state index contributed by atoms with van der Waals surface area (Å²) < 4.78 is 5.25. The van der Waals surface area contributed by atoms with Gasteiger partial charge in [0, 0.05) is 6.54 Å². The standard InChI is InChI=1S/C11H16N6OS/c1-2-18-11-15-9(14-10(16-11)17-12)13-5-3-8-4-6-19-7-8/h4,6-7H,2-3,5,12H2,1H3,(H2,13,14,15,16,17). The van der Waals surface area contributed by atoms with Gasteiger partial charge in [0.05, 0.1) is 6.61 Å². The van der Waals surface area contributed by atoms with E-state index < -0.39 is 0 Å². The molecule has 0 aliphatic heterocycles. The number of thiophene rings is 1. The lowest BCUT2D eigenvalue weighted by Crippen LogP contribution is -2.15. The van der Waals surface area contributed by atoms with Crippen molar-refractivity contribution in [1.82, 2.24) is 15.0 Å². The van der Waals surface area contributed by atoms with Crippen molar-refractivity contribution in [1.29, 1.82) is 0 Å². The van der Waals surface area contributed by atoms with Gasteiger partial charge in [-0.05, 0) is 35.7 Å². The second-order valence-corrected chi connectivity index (χ2v) is 4.43. The Bertz CT molecular complexity index is 504. The van der Waals surface area contributed by atoms with Crippen LogP contribution in [0.1, 0.15) is 12.5 Å². The van der Waals surface area contributed by atoms with Gasteiger partial charge in [-0.25, -0.2) is 5.84 Å². The number of hydrogen-bond donors (Lipinski definition) is 3. The first-order chi connectivity index (χ1) is 9.31. The zero-order valence-electron chi connectivity index (χ0n) is 10.6. The molecule has 102 valence electrons. The predicted molar refractivity (Wildman–Crippen MR) is 75.3 cm³/mol. The van der Waals surface area contributed by atoms with Crippen LogP contribution in [0.2, 0.25) is 0 Å². The van der Waals surface area contributed by atoms with E-state index in [0.717, 1.165) is 13.0 Å². The van der Waals surface area contributed by atoms with E-state index in [2.05, 4.69) is 42.5 Å². The van der Waals surface area contributed by atoms with Crippen LogP contribution in [0, 0.1) is 0 Å². The maximum Gasteiger partial charge on any atom is 0.323 e. The normalized spacial score (nSPS) is 10.2. The van der Waals surface area contributed by atoms with E-state index in [1.807, 2.05) is 6.92 Å². The molecule has 0 fully saturated rings. The fraction of sp³-hybridized carbons (Fsp3) is 0.364. The van der Waals surface area contributed by atoms with E-state index in [1.54, 1.807) is 11.3 Å². The lowest BCUT2D eigenvalue weighted by Gasteiger charge is -2.08. The van der Waals surface area contributed by atoms with Gasteiger partial charge in [-0.1, -0.05) is 0 Å². The van der Waals surface area contributed by atoms with E-state index in [-0.39, 0.29) is 12.0 Å². The summed E-state index contributed by atoms with van der Waals surface area (Å²) in [5.41, 5.74) is 3.68. The number of nitrogens with one attached hydrogen (secondary N) is 2. The Morgan fingerprint density at radius 2 is 2.16 bits per heavy atom. The van der Waals surface area contributed by atoms with Crippen molar-refractivity contribution >= 4 is 23.2 Å². The van der Waals surface area contributed by atoms with Crippen LogP contribution < -0.4 is 21.3 Å². The molecule has 8 heteroatoms. The lowest BCUT2D eigenvalue weighted by atomic mass is 10.2. The lowest BCUT2D eigenvalue weighted by molar-refractivity contribution is 0.312. The van der Waals surface area contributed by atoms with Gasteiger partial charge in [-0.15, -0.1) is 0 Å². The summed E-state index contributed by atoms with van der Waals surface area (Å²) in [5, 5.41) is 7.30. The van der Waals surface area contributed by atoms with Gasteiger partial charge in [0.1, 0.15) is 0 Å². The average molecular weight is 280 g/mol. The molecule has 2 aromatic rings. The van der Waals surface area contributed by atoms with Crippen molar-refractivity contribution in [3.8, 4) is 6.01 Å². The number of ether oxygens (including phenoxy) is 1. The largest absolute Gasteiger partial charge is 0.464 e. The number of anilines is 2. The molecule has 0 aliphatic carbocycles. The molecule has 0 aromatic carbocycles. The molecule has 0 saturated heterocycles. The first-order valence-electron chi connectivity index (χ1n) is 5.92. The summed E-state index contributed by atoms with van der Waals surface area (Å²) in [6, 6.07) is 2.35. The summed E-state index contributed by atoms with van der Waals surface area (Å²) in [6.45, 7) is 3.09. The Morgan fingerprint density at radius 1 is 1.32 bits per heavy atom. The first-order valence-corrected chi connectivity index (χ1v) is 6.86. The molecule has 0 saturated carbocycles. The van der Waals surface area contributed by atoms with Crippen molar-refractivity contribution in [3.05, 3.63) is 22.4 Å². The van der Waals surface area contributed by atoms with Gasteiger partial charge in [0.2, 0.25) is 11.9 Å². The van der Waals surface area contributed by atoms with E-state index in [9.17, 15) is 0 Å². The van der Waals surface area contributed by atoms with E-state index in [0.29, 0.717) is 12.6 Å². The third kappa shape index (κ3) is 4.04. The highest BCUT2D eigenvalue weighted by Crippen LogP contribution is 2.11. The van der Waals surface area contributed by atoms with Crippen LogP contribution in [0.4, 0.5) is 11.9 Å². The minimum Gasteiger partial charge on any atom is -0.464 e. The van der Waals surface area contributed by atoms with Crippen LogP contribution in [-0.4, -0.2) is 28.1 Å². The topological polar surface area (TPSA) is 98.0 Å². The van der Waals surface area contributed by atoms with Crippen molar-refractivity contribution < 1.29 is 4.74 Å². The van der Waals surface area contributed by atoms with Gasteiger partial charge in [0.15, 0.2) is 0 Å². The second kappa shape index (κ2) is 6.86. The molecule has 2 aromatic heterocycles. The maximum absolute atomic E-state index is 5.30. The van der Waals surface area contributed by atoms with Gasteiger partial charge < -0.3 is 10.1 Å². The Kier molecular flexibility index (Phi) is 4.87. The van der Waals surface area contributed by atoms with Crippen LogP contribution in [0.3, 0.4) is 0 Å². The van der Waals surface area contributed by atoms with Crippen LogP contribution in [-0.2, 0) is 6.42 Å². The van der Waals surface area contributed by atoms with E-state index in [4.69, 9.17) is 10.6 Å². The van der Waals surface area contributed by atoms with Gasteiger partial charge in [0.25, 0.3) is 0 Å². The summed E-state index contributed by atoms with van der Waals surface area (Å²) in [7, 11) is 0. The third-order valence-electron chi connectivity index (χ3n) is 2.29. The predicted octanol–water partition coefficient (Wildman–Crippen LogP) is 1.27. The highest BCUT2D eigenvalue weighted by molar-refractivity contribution is 7.07. The number of nitrogen functional groups attached to an aromatic ring is 1. The second-order valence-electron chi connectivity index (χ2n) is 3.65. The minimum absolute atomic E-state index is 0.253. The third-order valence-corrected chi connectivity index (χ3v) is 3.03. The Balaban J connectivity index is 1.96. The van der Waals surface area contributed by atoms with Crippen LogP contribution in [0.15, 0.2) is 16.8 Å². The fourth-order valence-electron chi connectivity index (χ4n) is 1.45. The van der Waals surface area contributed by atoms with Gasteiger partial charge in [-0.3, -0.25) is 5.43 Å². The fourth-order valence-corrected chi connectivity index (χ4v) is 2.15. The number of aromatic nitrogens is 3. The molecule has 19 heavy (non-hydrogen) atoms. The molecule has 0 atom stereocenters. The Hall–Kier alpha value is -1.93. The molecule has 0 spiro atoms. The molecule has 0 unspecified atom stereocenters. The number of hydrogen-bond acceptors (Lipinski definition) is 8. The monoisotopic (exact) mass is 280 g/mol. The maximum atomic E-state index is 5.30.